The van der Waals surface area contributed by atoms with Gasteiger partial charge in [0.1, 0.15) is 0 Å². The summed E-state index contributed by atoms with van der Waals surface area (Å²) in [5.74, 6) is 2.27. The van der Waals surface area contributed by atoms with Crippen molar-refractivity contribution in [1.29, 1.82) is 0 Å². The van der Waals surface area contributed by atoms with Gasteiger partial charge in [0.05, 0.1) is 6.54 Å². The van der Waals surface area contributed by atoms with E-state index < -0.39 is 0 Å². The maximum Gasteiger partial charge on any atom is 0.240 e. The molecule has 1 N–H and O–H groups in total. The van der Waals surface area contributed by atoms with Crippen LogP contribution in [0.15, 0.2) is 4.52 Å². The fourth-order valence-corrected chi connectivity index (χ4v) is 2.43. The smallest absolute Gasteiger partial charge is 0.240 e. The minimum atomic E-state index is 0.580. The van der Waals surface area contributed by atoms with Crippen LogP contribution < -0.4 is 5.32 Å². The summed E-state index contributed by atoms with van der Waals surface area (Å²) in [6.45, 7) is 3.02. The molecule has 2 fully saturated rings. The van der Waals surface area contributed by atoms with Crippen molar-refractivity contribution in [2.75, 3.05) is 20.1 Å². The highest BCUT2D eigenvalue weighted by Gasteiger charge is 2.29. The predicted octanol–water partition coefficient (Wildman–Crippen LogP) is 1.13. The molecule has 0 aromatic carbocycles. The molecular weight excluding hydrogens is 216 g/mol. The lowest BCUT2D eigenvalue weighted by molar-refractivity contribution is 0.171. The molecule has 2 heterocycles. The first kappa shape index (κ1) is 11.2. The zero-order valence-corrected chi connectivity index (χ0v) is 10.4. The summed E-state index contributed by atoms with van der Waals surface area (Å²) >= 11 is 0. The summed E-state index contributed by atoms with van der Waals surface area (Å²) in [7, 11) is 2.15. The van der Waals surface area contributed by atoms with Crippen molar-refractivity contribution in [3.05, 3.63) is 11.7 Å². The van der Waals surface area contributed by atoms with Gasteiger partial charge in [0.25, 0.3) is 0 Å². The summed E-state index contributed by atoms with van der Waals surface area (Å²) in [5.41, 5.74) is 0. The van der Waals surface area contributed by atoms with Crippen LogP contribution in [0.4, 0.5) is 0 Å². The molecule has 1 aliphatic carbocycles. The van der Waals surface area contributed by atoms with E-state index in [1.54, 1.807) is 0 Å². The molecule has 0 radical (unpaired) electrons. The Balaban J connectivity index is 1.56. The first-order valence-electron chi connectivity index (χ1n) is 6.56. The van der Waals surface area contributed by atoms with Gasteiger partial charge in [-0.1, -0.05) is 5.16 Å². The third kappa shape index (κ3) is 2.66. The molecule has 94 valence electrons. The number of aromatic nitrogens is 2. The Labute approximate surface area is 102 Å². The van der Waals surface area contributed by atoms with Gasteiger partial charge < -0.3 is 9.84 Å². The number of hydrogen-bond acceptors (Lipinski definition) is 5. The van der Waals surface area contributed by atoms with Gasteiger partial charge in [-0.2, -0.15) is 4.98 Å². The predicted molar refractivity (Wildman–Crippen MR) is 63.6 cm³/mol. The van der Waals surface area contributed by atoms with Gasteiger partial charge in [-0.25, -0.2) is 0 Å². The Kier molecular flexibility index (Phi) is 3.11. The normalized spacial score (nSPS) is 22.2. The maximum atomic E-state index is 5.31. The Bertz CT molecular complexity index is 368. The Morgan fingerprint density at radius 1 is 1.29 bits per heavy atom. The highest BCUT2D eigenvalue weighted by molar-refractivity contribution is 5.03. The highest BCUT2D eigenvalue weighted by Crippen LogP contribution is 2.38. The topological polar surface area (TPSA) is 54.2 Å². The summed E-state index contributed by atoms with van der Waals surface area (Å²) in [4.78, 5) is 6.81. The Morgan fingerprint density at radius 2 is 2.06 bits per heavy atom. The van der Waals surface area contributed by atoms with Crippen molar-refractivity contribution in [2.45, 2.75) is 44.2 Å². The summed E-state index contributed by atoms with van der Waals surface area (Å²) in [6, 6.07) is 0.646. The number of nitrogens with zero attached hydrogens (tertiary/aromatic N) is 3. The van der Waals surface area contributed by atoms with Crippen molar-refractivity contribution >= 4 is 0 Å². The van der Waals surface area contributed by atoms with Gasteiger partial charge in [0.15, 0.2) is 5.82 Å². The molecule has 5 nitrogen and oxygen atoms in total. The molecule has 2 aliphatic rings. The fraction of sp³-hybridized carbons (Fsp3) is 0.833. The highest BCUT2D eigenvalue weighted by atomic mass is 16.5. The second-order valence-electron chi connectivity index (χ2n) is 5.22. The van der Waals surface area contributed by atoms with Crippen molar-refractivity contribution < 1.29 is 4.52 Å². The van der Waals surface area contributed by atoms with Crippen LogP contribution in [0, 0.1) is 0 Å². The van der Waals surface area contributed by atoms with Crippen LogP contribution in [0.25, 0.3) is 0 Å². The van der Waals surface area contributed by atoms with E-state index in [1.165, 1.54) is 25.7 Å². The molecule has 5 heteroatoms. The summed E-state index contributed by atoms with van der Waals surface area (Å²) in [5, 5.41) is 7.43. The lowest BCUT2D eigenvalue weighted by Gasteiger charge is -2.30. The second-order valence-corrected chi connectivity index (χ2v) is 5.22. The quantitative estimate of drug-likeness (QED) is 0.849. The summed E-state index contributed by atoms with van der Waals surface area (Å²) in [6.07, 6.45) is 4.87. The monoisotopic (exact) mass is 236 g/mol. The lowest BCUT2D eigenvalue weighted by Crippen LogP contribution is -2.40. The van der Waals surface area contributed by atoms with E-state index in [4.69, 9.17) is 4.52 Å². The van der Waals surface area contributed by atoms with E-state index in [9.17, 15) is 0 Å². The minimum absolute atomic E-state index is 0.580. The molecule has 0 unspecified atom stereocenters. The fourth-order valence-electron chi connectivity index (χ4n) is 2.43. The van der Waals surface area contributed by atoms with E-state index >= 15 is 0 Å². The zero-order chi connectivity index (χ0) is 11.7. The van der Waals surface area contributed by atoms with E-state index in [0.29, 0.717) is 12.0 Å². The van der Waals surface area contributed by atoms with Crippen LogP contribution in [-0.4, -0.2) is 41.2 Å². The second kappa shape index (κ2) is 4.74. The minimum Gasteiger partial charge on any atom is -0.338 e. The Hall–Kier alpha value is -0.940. The molecule has 0 bridgehead atoms. The lowest BCUT2D eigenvalue weighted by atomic mass is 10.1. The van der Waals surface area contributed by atoms with Crippen LogP contribution in [0.5, 0.6) is 0 Å². The van der Waals surface area contributed by atoms with Crippen molar-refractivity contribution in [1.82, 2.24) is 20.4 Å². The zero-order valence-electron chi connectivity index (χ0n) is 10.4. The standard InChI is InChI=1S/C12H20N4O/c1-16(10-4-6-13-7-5-10)8-11-14-12(15-17-11)9-2-3-9/h9-10,13H,2-8H2,1H3. The maximum absolute atomic E-state index is 5.31. The van der Waals surface area contributed by atoms with Gasteiger partial charge in [0.2, 0.25) is 5.89 Å². The van der Waals surface area contributed by atoms with E-state index in [-0.39, 0.29) is 0 Å². The first-order chi connectivity index (χ1) is 8.33. The molecule has 1 aliphatic heterocycles. The molecule has 1 aromatic rings. The molecule has 1 aromatic heterocycles. The van der Waals surface area contributed by atoms with Gasteiger partial charge in [0, 0.05) is 12.0 Å². The molecule has 0 spiro atoms. The summed E-state index contributed by atoms with van der Waals surface area (Å²) < 4.78 is 5.31. The average Bonchev–Trinajstić information content (AvgIpc) is 3.12. The number of nitrogens with one attached hydrogen (secondary N) is 1. The number of hydrogen-bond donors (Lipinski definition) is 1. The third-order valence-corrected chi connectivity index (χ3v) is 3.74. The molecule has 0 amide bonds. The van der Waals surface area contributed by atoms with Crippen molar-refractivity contribution in [3.63, 3.8) is 0 Å². The van der Waals surface area contributed by atoms with E-state index in [1.807, 2.05) is 0 Å². The third-order valence-electron chi connectivity index (χ3n) is 3.74. The molecule has 0 atom stereocenters. The van der Waals surface area contributed by atoms with E-state index in [0.717, 1.165) is 31.3 Å². The molecular formula is C12H20N4O. The molecule has 3 rings (SSSR count). The van der Waals surface area contributed by atoms with Crippen LogP contribution in [0.1, 0.15) is 43.3 Å². The van der Waals surface area contributed by atoms with Gasteiger partial charge in [-0.15, -0.1) is 0 Å². The SMILES string of the molecule is CN(Cc1nc(C2CC2)no1)C1CCNCC1. The average molecular weight is 236 g/mol. The van der Waals surface area contributed by atoms with Crippen LogP contribution in [0.3, 0.4) is 0 Å². The molecule has 17 heavy (non-hydrogen) atoms. The first-order valence-corrected chi connectivity index (χ1v) is 6.56. The van der Waals surface area contributed by atoms with E-state index in [2.05, 4.69) is 27.4 Å². The van der Waals surface area contributed by atoms with Crippen molar-refractivity contribution in [2.24, 2.45) is 0 Å². The number of piperidine rings is 1. The Morgan fingerprint density at radius 3 is 2.76 bits per heavy atom. The van der Waals surface area contributed by atoms with Gasteiger partial charge in [-0.05, 0) is 45.8 Å². The van der Waals surface area contributed by atoms with Gasteiger partial charge in [-0.3, -0.25) is 4.90 Å². The largest absolute Gasteiger partial charge is 0.338 e. The van der Waals surface area contributed by atoms with Gasteiger partial charge >= 0.3 is 0 Å². The van der Waals surface area contributed by atoms with Crippen LogP contribution >= 0.6 is 0 Å². The van der Waals surface area contributed by atoms with Crippen molar-refractivity contribution in [3.8, 4) is 0 Å². The van der Waals surface area contributed by atoms with Crippen LogP contribution in [-0.2, 0) is 6.54 Å². The molecule has 1 saturated heterocycles. The molecule has 1 saturated carbocycles. The number of rotatable bonds is 4. The van der Waals surface area contributed by atoms with Crippen LogP contribution in [0.2, 0.25) is 0 Å².